The molecule has 2 rings (SSSR count). The average molecular weight is 358 g/mol. The third-order valence-corrected chi connectivity index (χ3v) is 3.39. The van der Waals surface area contributed by atoms with Gasteiger partial charge in [0.25, 0.3) is 5.91 Å². The quantitative estimate of drug-likeness (QED) is 0.649. The number of nitrogens with zero attached hydrogens (tertiary/aromatic N) is 3. The lowest BCUT2D eigenvalue weighted by Gasteiger charge is -2.12. The van der Waals surface area contributed by atoms with Crippen molar-refractivity contribution in [2.24, 2.45) is 10.7 Å². The molecular weight excluding hydrogens is 336 g/mol. The first-order valence-corrected chi connectivity index (χ1v) is 8.07. The number of aromatic nitrogens is 2. The summed E-state index contributed by atoms with van der Waals surface area (Å²) in [6.45, 7) is 4.05. The van der Waals surface area contributed by atoms with E-state index in [2.05, 4.69) is 15.0 Å². The van der Waals surface area contributed by atoms with Gasteiger partial charge in [0.05, 0.1) is 6.54 Å². The Morgan fingerprint density at radius 1 is 1.27 bits per heavy atom. The second kappa shape index (κ2) is 9.47. The van der Waals surface area contributed by atoms with Crippen LogP contribution in [0.4, 0.5) is 0 Å². The summed E-state index contributed by atoms with van der Waals surface area (Å²) >= 11 is 0. The molecule has 0 saturated heterocycles. The van der Waals surface area contributed by atoms with Crippen LogP contribution in [0.1, 0.15) is 23.0 Å². The number of aryl methyl sites for hydroxylation is 1. The summed E-state index contributed by atoms with van der Waals surface area (Å²) in [5.41, 5.74) is 6.86. The first-order chi connectivity index (χ1) is 12.5. The van der Waals surface area contributed by atoms with Gasteiger partial charge in [-0.1, -0.05) is 6.07 Å². The van der Waals surface area contributed by atoms with Crippen molar-refractivity contribution in [3.05, 3.63) is 47.9 Å². The molecule has 0 radical (unpaired) electrons. The van der Waals surface area contributed by atoms with E-state index in [9.17, 15) is 9.90 Å². The SMILES string of the molecule is C/C(COc1cccnc1C(N)=O)=N\CC(O)COc1ncccc1C. The van der Waals surface area contributed by atoms with Gasteiger partial charge in [-0.15, -0.1) is 0 Å². The summed E-state index contributed by atoms with van der Waals surface area (Å²) in [6, 6.07) is 6.96. The summed E-state index contributed by atoms with van der Waals surface area (Å²) in [6.07, 6.45) is 2.33. The summed E-state index contributed by atoms with van der Waals surface area (Å²) in [5.74, 6) is 0.128. The lowest BCUT2D eigenvalue weighted by Crippen LogP contribution is -2.23. The maximum absolute atomic E-state index is 11.3. The van der Waals surface area contributed by atoms with Crippen LogP contribution in [0.2, 0.25) is 0 Å². The van der Waals surface area contributed by atoms with E-state index in [1.54, 1.807) is 25.3 Å². The Balaban J connectivity index is 1.81. The molecule has 2 aromatic rings. The summed E-state index contributed by atoms with van der Waals surface area (Å²) in [7, 11) is 0. The van der Waals surface area contributed by atoms with Crippen LogP contribution in [0.25, 0.3) is 0 Å². The number of primary amides is 1. The molecule has 138 valence electrons. The van der Waals surface area contributed by atoms with E-state index in [0.29, 0.717) is 17.3 Å². The number of aliphatic hydroxyl groups excluding tert-OH is 1. The minimum absolute atomic E-state index is 0.0689. The molecule has 0 aliphatic heterocycles. The van der Waals surface area contributed by atoms with Crippen molar-refractivity contribution in [3.63, 3.8) is 0 Å². The molecule has 1 amide bonds. The fraction of sp³-hybridized carbons (Fsp3) is 0.333. The van der Waals surface area contributed by atoms with E-state index in [4.69, 9.17) is 15.2 Å². The number of carbonyl (C=O) groups is 1. The summed E-state index contributed by atoms with van der Waals surface area (Å²) in [4.78, 5) is 23.5. The van der Waals surface area contributed by atoms with Gasteiger partial charge in [-0.05, 0) is 32.0 Å². The fourth-order valence-corrected chi connectivity index (χ4v) is 2.03. The van der Waals surface area contributed by atoms with Crippen molar-refractivity contribution in [1.29, 1.82) is 0 Å². The van der Waals surface area contributed by atoms with Crippen LogP contribution < -0.4 is 15.2 Å². The number of hydrogen-bond acceptors (Lipinski definition) is 7. The van der Waals surface area contributed by atoms with Gasteiger partial charge in [-0.2, -0.15) is 0 Å². The summed E-state index contributed by atoms with van der Waals surface area (Å²) < 4.78 is 11.0. The van der Waals surface area contributed by atoms with Crippen LogP contribution in [0, 0.1) is 6.92 Å². The van der Waals surface area contributed by atoms with Gasteiger partial charge in [0.15, 0.2) is 11.4 Å². The predicted molar refractivity (Wildman–Crippen MR) is 96.7 cm³/mol. The second-order valence-corrected chi connectivity index (χ2v) is 5.67. The number of amides is 1. The van der Waals surface area contributed by atoms with Crippen molar-refractivity contribution >= 4 is 11.6 Å². The number of aliphatic imine (C=N–C) groups is 1. The Morgan fingerprint density at radius 3 is 2.73 bits per heavy atom. The molecule has 2 heterocycles. The standard InChI is InChI=1S/C18H22N4O4/c1-12-5-3-8-21-18(12)26-11-14(23)9-22-13(2)10-25-15-6-4-7-20-16(15)17(19)24/h3-8,14,23H,9-11H2,1-2H3,(H2,19,24)/b22-13+. The number of ether oxygens (including phenoxy) is 2. The third kappa shape index (κ3) is 5.82. The smallest absolute Gasteiger partial charge is 0.271 e. The van der Waals surface area contributed by atoms with Gasteiger partial charge in [-0.25, -0.2) is 9.97 Å². The lowest BCUT2D eigenvalue weighted by atomic mass is 10.3. The minimum atomic E-state index is -0.772. The van der Waals surface area contributed by atoms with E-state index in [1.807, 2.05) is 19.1 Å². The topological polar surface area (TPSA) is 120 Å². The molecule has 0 aliphatic rings. The first-order valence-electron chi connectivity index (χ1n) is 8.07. The van der Waals surface area contributed by atoms with Crippen LogP contribution in [0.15, 0.2) is 41.7 Å². The van der Waals surface area contributed by atoms with Crippen molar-refractivity contribution in [2.45, 2.75) is 20.0 Å². The minimum Gasteiger partial charge on any atom is -0.485 e. The zero-order valence-corrected chi connectivity index (χ0v) is 14.8. The van der Waals surface area contributed by atoms with Crippen LogP contribution in [0.5, 0.6) is 11.6 Å². The highest BCUT2D eigenvalue weighted by Crippen LogP contribution is 2.14. The molecule has 0 fully saturated rings. The summed E-state index contributed by atoms with van der Waals surface area (Å²) in [5, 5.41) is 9.98. The van der Waals surface area contributed by atoms with Crippen LogP contribution in [-0.4, -0.2) is 52.6 Å². The van der Waals surface area contributed by atoms with Crippen molar-refractivity contribution in [2.75, 3.05) is 19.8 Å². The molecular formula is C18H22N4O4. The first kappa shape index (κ1) is 19.3. The van der Waals surface area contributed by atoms with Crippen molar-refractivity contribution in [3.8, 4) is 11.6 Å². The molecule has 0 bridgehead atoms. The Hall–Kier alpha value is -3.00. The molecule has 0 aromatic carbocycles. The lowest BCUT2D eigenvalue weighted by molar-refractivity contribution is 0.0992. The number of nitrogens with two attached hydrogens (primary N) is 1. The monoisotopic (exact) mass is 358 g/mol. The Labute approximate surface area is 151 Å². The Morgan fingerprint density at radius 2 is 2.00 bits per heavy atom. The number of rotatable bonds is 9. The molecule has 8 nitrogen and oxygen atoms in total. The molecule has 2 aromatic heterocycles. The maximum atomic E-state index is 11.3. The van der Waals surface area contributed by atoms with Gasteiger partial charge in [-0.3, -0.25) is 9.79 Å². The number of hydrogen-bond donors (Lipinski definition) is 2. The van der Waals surface area contributed by atoms with E-state index in [0.717, 1.165) is 5.56 Å². The van der Waals surface area contributed by atoms with Gasteiger partial charge in [0, 0.05) is 23.7 Å². The van der Waals surface area contributed by atoms with E-state index in [1.165, 1.54) is 6.20 Å². The fourth-order valence-electron chi connectivity index (χ4n) is 2.03. The van der Waals surface area contributed by atoms with Crippen molar-refractivity contribution in [1.82, 2.24) is 9.97 Å². The Bertz CT molecular complexity index is 779. The number of carbonyl (C=O) groups excluding carboxylic acids is 1. The van der Waals surface area contributed by atoms with Gasteiger partial charge in [0.1, 0.15) is 19.3 Å². The molecule has 0 spiro atoms. The highest BCUT2D eigenvalue weighted by molar-refractivity contribution is 5.93. The van der Waals surface area contributed by atoms with Gasteiger partial charge < -0.3 is 20.3 Å². The third-order valence-electron chi connectivity index (χ3n) is 3.39. The van der Waals surface area contributed by atoms with Crippen molar-refractivity contribution < 1.29 is 19.4 Å². The maximum Gasteiger partial charge on any atom is 0.271 e. The second-order valence-electron chi connectivity index (χ2n) is 5.67. The molecule has 3 N–H and O–H groups in total. The highest BCUT2D eigenvalue weighted by Gasteiger charge is 2.11. The van der Waals surface area contributed by atoms with Gasteiger partial charge >= 0.3 is 0 Å². The molecule has 26 heavy (non-hydrogen) atoms. The van der Waals surface area contributed by atoms with E-state index < -0.39 is 12.0 Å². The highest BCUT2D eigenvalue weighted by atomic mass is 16.5. The predicted octanol–water partition coefficient (Wildman–Crippen LogP) is 1.16. The Kier molecular flexibility index (Phi) is 7.04. The number of pyridine rings is 2. The zero-order valence-electron chi connectivity index (χ0n) is 14.8. The zero-order chi connectivity index (χ0) is 18.9. The molecule has 1 atom stereocenters. The molecule has 0 saturated carbocycles. The average Bonchev–Trinajstić information content (AvgIpc) is 2.64. The van der Waals surface area contributed by atoms with Gasteiger partial charge in [0.2, 0.25) is 5.88 Å². The van der Waals surface area contributed by atoms with E-state index in [-0.39, 0.29) is 25.5 Å². The molecule has 1 unspecified atom stereocenters. The number of aliphatic hydroxyl groups is 1. The van der Waals surface area contributed by atoms with Crippen LogP contribution in [-0.2, 0) is 0 Å². The normalized spacial score (nSPS) is 12.5. The van der Waals surface area contributed by atoms with Crippen LogP contribution >= 0.6 is 0 Å². The largest absolute Gasteiger partial charge is 0.485 e. The van der Waals surface area contributed by atoms with E-state index >= 15 is 0 Å². The molecule has 0 aliphatic carbocycles. The molecule has 8 heteroatoms. The van der Waals surface area contributed by atoms with Crippen LogP contribution in [0.3, 0.4) is 0 Å².